The molecule has 106 valence electrons. The highest BCUT2D eigenvalue weighted by Crippen LogP contribution is 2.26. The summed E-state index contributed by atoms with van der Waals surface area (Å²) in [4.78, 5) is 0. The normalized spacial score (nSPS) is 9.77. The van der Waals surface area contributed by atoms with Gasteiger partial charge < -0.3 is 10.6 Å². The van der Waals surface area contributed by atoms with Gasteiger partial charge in [-0.05, 0) is 42.5 Å². The maximum Gasteiger partial charge on any atom is 0.101 e. The van der Waals surface area contributed by atoms with Crippen LogP contribution in [0.4, 0.5) is 22.7 Å². The van der Waals surface area contributed by atoms with Crippen LogP contribution in [0.15, 0.2) is 78.9 Å². The lowest BCUT2D eigenvalue weighted by Gasteiger charge is -2.12. The zero-order valence-electron chi connectivity index (χ0n) is 12.0. The van der Waals surface area contributed by atoms with Crippen molar-refractivity contribution in [3.05, 3.63) is 84.4 Å². The van der Waals surface area contributed by atoms with Crippen molar-refractivity contribution in [1.82, 2.24) is 0 Å². The summed E-state index contributed by atoms with van der Waals surface area (Å²) in [7, 11) is 0. The molecule has 0 heterocycles. The van der Waals surface area contributed by atoms with Crippen molar-refractivity contribution in [2.75, 3.05) is 10.6 Å². The molecule has 3 aromatic rings. The van der Waals surface area contributed by atoms with Crippen LogP contribution in [0.2, 0.25) is 0 Å². The second-order valence-corrected chi connectivity index (χ2v) is 4.85. The summed E-state index contributed by atoms with van der Waals surface area (Å²) in [5, 5.41) is 15.9. The van der Waals surface area contributed by atoms with E-state index in [0.29, 0.717) is 5.56 Å². The van der Waals surface area contributed by atoms with E-state index in [1.807, 2.05) is 78.9 Å². The number of benzene rings is 3. The third kappa shape index (κ3) is 3.25. The second kappa shape index (κ2) is 6.47. The van der Waals surface area contributed by atoms with Crippen molar-refractivity contribution >= 4 is 22.7 Å². The summed E-state index contributed by atoms with van der Waals surface area (Å²) in [6.45, 7) is 0. The fourth-order valence-corrected chi connectivity index (χ4v) is 2.19. The maximum absolute atomic E-state index is 9.27. The third-order valence-electron chi connectivity index (χ3n) is 3.26. The van der Waals surface area contributed by atoms with Crippen LogP contribution in [0.5, 0.6) is 0 Å². The van der Waals surface area contributed by atoms with Crippen molar-refractivity contribution in [1.29, 1.82) is 5.26 Å². The number of nitrogens with zero attached hydrogens (tertiary/aromatic N) is 1. The van der Waals surface area contributed by atoms with Gasteiger partial charge in [0.05, 0.1) is 11.3 Å². The minimum atomic E-state index is 0.613. The quantitative estimate of drug-likeness (QED) is 0.705. The molecule has 3 rings (SSSR count). The molecule has 0 aliphatic heterocycles. The van der Waals surface area contributed by atoms with E-state index in [-0.39, 0.29) is 0 Å². The van der Waals surface area contributed by atoms with Gasteiger partial charge in [0, 0.05) is 17.1 Å². The molecule has 0 radical (unpaired) electrons. The average Bonchev–Trinajstić information content (AvgIpc) is 2.57. The SMILES string of the molecule is N#Cc1ccc(Nc2ccccc2)cc1Nc1ccccc1. The minimum absolute atomic E-state index is 0.613. The number of nitriles is 1. The maximum atomic E-state index is 9.27. The molecule has 0 aromatic heterocycles. The van der Waals surface area contributed by atoms with E-state index >= 15 is 0 Å². The topological polar surface area (TPSA) is 47.9 Å². The monoisotopic (exact) mass is 285 g/mol. The molecule has 3 heteroatoms. The predicted octanol–water partition coefficient (Wildman–Crippen LogP) is 5.05. The first-order valence-corrected chi connectivity index (χ1v) is 7.03. The van der Waals surface area contributed by atoms with Crippen LogP contribution in [-0.4, -0.2) is 0 Å². The molecule has 0 atom stereocenters. The summed E-state index contributed by atoms with van der Waals surface area (Å²) in [6.07, 6.45) is 0. The van der Waals surface area contributed by atoms with Gasteiger partial charge in [-0.25, -0.2) is 0 Å². The van der Waals surface area contributed by atoms with E-state index in [0.717, 1.165) is 22.7 Å². The molecule has 0 amide bonds. The van der Waals surface area contributed by atoms with Crippen LogP contribution in [0.1, 0.15) is 5.56 Å². The Hall–Kier alpha value is -3.25. The van der Waals surface area contributed by atoms with Crippen LogP contribution in [-0.2, 0) is 0 Å². The number of hydrogen-bond acceptors (Lipinski definition) is 3. The minimum Gasteiger partial charge on any atom is -0.355 e. The Labute approximate surface area is 129 Å². The van der Waals surface area contributed by atoms with Crippen molar-refractivity contribution in [3.8, 4) is 6.07 Å². The highest BCUT2D eigenvalue weighted by atomic mass is 14.9. The summed E-state index contributed by atoms with van der Waals surface area (Å²) >= 11 is 0. The molecule has 3 nitrogen and oxygen atoms in total. The van der Waals surface area contributed by atoms with Gasteiger partial charge in [-0.15, -0.1) is 0 Å². The predicted molar refractivity (Wildman–Crippen MR) is 90.6 cm³/mol. The Kier molecular flexibility index (Phi) is 4.03. The lowest BCUT2D eigenvalue weighted by Crippen LogP contribution is -1.96. The Morgan fingerprint density at radius 1 is 0.636 bits per heavy atom. The van der Waals surface area contributed by atoms with Crippen LogP contribution >= 0.6 is 0 Å². The number of anilines is 4. The molecule has 0 saturated carbocycles. The highest BCUT2D eigenvalue weighted by molar-refractivity contribution is 5.73. The Morgan fingerprint density at radius 2 is 1.23 bits per heavy atom. The van der Waals surface area contributed by atoms with Crippen LogP contribution in [0.25, 0.3) is 0 Å². The summed E-state index contributed by atoms with van der Waals surface area (Å²) in [5.74, 6) is 0. The molecule has 3 aromatic carbocycles. The number of para-hydroxylation sites is 2. The zero-order valence-corrected chi connectivity index (χ0v) is 12.0. The number of rotatable bonds is 4. The third-order valence-corrected chi connectivity index (χ3v) is 3.26. The van der Waals surface area contributed by atoms with E-state index in [1.54, 1.807) is 0 Å². The van der Waals surface area contributed by atoms with E-state index in [9.17, 15) is 5.26 Å². The van der Waals surface area contributed by atoms with Gasteiger partial charge in [0.25, 0.3) is 0 Å². The molecule has 2 N–H and O–H groups in total. The first kappa shape index (κ1) is 13.7. The molecule has 0 unspecified atom stereocenters. The van der Waals surface area contributed by atoms with Crippen molar-refractivity contribution in [2.24, 2.45) is 0 Å². The van der Waals surface area contributed by atoms with Crippen molar-refractivity contribution in [3.63, 3.8) is 0 Å². The standard InChI is InChI=1S/C19H15N3/c20-14-15-11-12-18(21-16-7-3-1-4-8-16)13-19(15)22-17-9-5-2-6-10-17/h1-13,21-22H. The van der Waals surface area contributed by atoms with E-state index in [2.05, 4.69) is 16.7 Å². The number of hydrogen-bond donors (Lipinski definition) is 2. The fourth-order valence-electron chi connectivity index (χ4n) is 2.19. The lowest BCUT2D eigenvalue weighted by molar-refractivity contribution is 1.45. The Bertz CT molecular complexity index is 790. The first-order chi connectivity index (χ1) is 10.8. The van der Waals surface area contributed by atoms with E-state index in [4.69, 9.17) is 0 Å². The summed E-state index contributed by atoms with van der Waals surface area (Å²) in [5.41, 5.74) is 4.30. The summed E-state index contributed by atoms with van der Waals surface area (Å²) < 4.78 is 0. The molecule has 0 aliphatic rings. The van der Waals surface area contributed by atoms with E-state index < -0.39 is 0 Å². The van der Waals surface area contributed by atoms with Crippen LogP contribution in [0.3, 0.4) is 0 Å². The average molecular weight is 285 g/mol. The van der Waals surface area contributed by atoms with Crippen LogP contribution < -0.4 is 10.6 Å². The zero-order chi connectivity index (χ0) is 15.2. The smallest absolute Gasteiger partial charge is 0.101 e. The Balaban J connectivity index is 1.88. The molecule has 0 bridgehead atoms. The van der Waals surface area contributed by atoms with Gasteiger partial charge in [-0.2, -0.15) is 5.26 Å². The van der Waals surface area contributed by atoms with Gasteiger partial charge in [0.1, 0.15) is 6.07 Å². The van der Waals surface area contributed by atoms with Gasteiger partial charge in [0.2, 0.25) is 0 Å². The van der Waals surface area contributed by atoms with Gasteiger partial charge >= 0.3 is 0 Å². The van der Waals surface area contributed by atoms with Gasteiger partial charge in [0.15, 0.2) is 0 Å². The highest BCUT2D eigenvalue weighted by Gasteiger charge is 2.04. The van der Waals surface area contributed by atoms with Gasteiger partial charge in [-0.3, -0.25) is 0 Å². The van der Waals surface area contributed by atoms with Crippen LogP contribution in [0, 0.1) is 11.3 Å². The molecule has 0 spiro atoms. The molecule has 0 fully saturated rings. The first-order valence-electron chi connectivity index (χ1n) is 7.03. The number of nitrogens with one attached hydrogen (secondary N) is 2. The summed E-state index contributed by atoms with van der Waals surface area (Å²) in [6, 6.07) is 27.6. The lowest BCUT2D eigenvalue weighted by atomic mass is 10.1. The molecular weight excluding hydrogens is 270 g/mol. The molecular formula is C19H15N3. The molecule has 0 aliphatic carbocycles. The van der Waals surface area contributed by atoms with Crippen molar-refractivity contribution < 1.29 is 0 Å². The molecule has 0 saturated heterocycles. The van der Waals surface area contributed by atoms with Gasteiger partial charge in [-0.1, -0.05) is 36.4 Å². The fraction of sp³-hybridized carbons (Fsp3) is 0. The second-order valence-electron chi connectivity index (χ2n) is 4.85. The Morgan fingerprint density at radius 3 is 1.82 bits per heavy atom. The largest absolute Gasteiger partial charge is 0.355 e. The molecule has 22 heavy (non-hydrogen) atoms. The van der Waals surface area contributed by atoms with E-state index in [1.165, 1.54) is 0 Å². The van der Waals surface area contributed by atoms with Crippen molar-refractivity contribution in [2.45, 2.75) is 0 Å².